The number of carbonyl (C=O) groups is 2. The Morgan fingerprint density at radius 3 is 2.44 bits per heavy atom. The molecule has 0 saturated heterocycles. The number of allylic oxidation sites excluding steroid dienone is 1. The van der Waals surface area contributed by atoms with E-state index in [1.54, 1.807) is 31.2 Å². The molecular weight excluding hydrogens is 228 g/mol. The first-order valence-electron chi connectivity index (χ1n) is 5.72. The van der Waals surface area contributed by atoms with Crippen molar-refractivity contribution in [1.29, 1.82) is 0 Å². The highest BCUT2D eigenvalue weighted by atomic mass is 16.1. The average Bonchev–Trinajstić information content (AvgIpc) is 2.27. The summed E-state index contributed by atoms with van der Waals surface area (Å²) in [5.74, 6) is -0.247. The minimum absolute atomic E-state index is 0.0798. The molecule has 0 spiro atoms. The normalized spacial score (nSPS) is 11.7. The quantitative estimate of drug-likeness (QED) is 0.594. The van der Waals surface area contributed by atoms with Crippen molar-refractivity contribution in [1.82, 2.24) is 5.32 Å². The standard InChI is InChI=1S/C14H18N2O2/c1-9(2)16-13(10(3)17)8-14(18)11-6-4-5-7-12(11)15/h4-7,13,16H,1,8,15H2,2-3H3. The van der Waals surface area contributed by atoms with E-state index in [4.69, 9.17) is 5.73 Å². The summed E-state index contributed by atoms with van der Waals surface area (Å²) in [6, 6.07) is 6.30. The third-order valence-corrected chi connectivity index (χ3v) is 2.56. The summed E-state index contributed by atoms with van der Waals surface area (Å²) in [4.78, 5) is 23.5. The molecule has 1 unspecified atom stereocenters. The van der Waals surface area contributed by atoms with Crippen LogP contribution in [-0.2, 0) is 4.79 Å². The molecule has 1 atom stereocenters. The van der Waals surface area contributed by atoms with Crippen molar-refractivity contribution in [3.05, 3.63) is 42.1 Å². The SMILES string of the molecule is C=C(C)NC(CC(=O)c1ccccc1N)C(C)=O. The summed E-state index contributed by atoms with van der Waals surface area (Å²) in [5, 5.41) is 2.89. The molecule has 3 N–H and O–H groups in total. The molecule has 0 heterocycles. The molecule has 4 nitrogen and oxygen atoms in total. The van der Waals surface area contributed by atoms with Crippen LogP contribution in [0.3, 0.4) is 0 Å². The van der Waals surface area contributed by atoms with E-state index in [2.05, 4.69) is 11.9 Å². The Morgan fingerprint density at radius 2 is 1.94 bits per heavy atom. The maximum atomic E-state index is 12.1. The number of nitrogen functional groups attached to an aromatic ring is 1. The average molecular weight is 246 g/mol. The number of carbonyl (C=O) groups excluding carboxylic acids is 2. The van der Waals surface area contributed by atoms with E-state index in [9.17, 15) is 9.59 Å². The minimum atomic E-state index is -0.547. The van der Waals surface area contributed by atoms with Gasteiger partial charge in [0.1, 0.15) is 0 Å². The number of hydrogen-bond donors (Lipinski definition) is 2. The van der Waals surface area contributed by atoms with Crippen LogP contribution in [0.2, 0.25) is 0 Å². The van der Waals surface area contributed by atoms with Gasteiger partial charge in [-0.15, -0.1) is 0 Å². The van der Waals surface area contributed by atoms with Crippen LogP contribution >= 0.6 is 0 Å². The molecule has 4 heteroatoms. The monoisotopic (exact) mass is 246 g/mol. The second-order valence-corrected chi connectivity index (χ2v) is 4.30. The zero-order valence-corrected chi connectivity index (χ0v) is 10.7. The molecule has 0 aliphatic carbocycles. The molecule has 0 fully saturated rings. The Morgan fingerprint density at radius 1 is 1.33 bits per heavy atom. The van der Waals surface area contributed by atoms with Gasteiger partial charge in [0.15, 0.2) is 11.6 Å². The number of anilines is 1. The molecule has 0 aromatic heterocycles. The fraction of sp³-hybridized carbons (Fsp3) is 0.286. The maximum Gasteiger partial charge on any atom is 0.167 e. The molecule has 18 heavy (non-hydrogen) atoms. The molecule has 1 rings (SSSR count). The van der Waals surface area contributed by atoms with E-state index in [1.165, 1.54) is 6.92 Å². The number of rotatable bonds is 6. The van der Waals surface area contributed by atoms with Gasteiger partial charge >= 0.3 is 0 Å². The molecule has 0 bridgehead atoms. The summed E-state index contributed by atoms with van der Waals surface area (Å²) in [5.41, 5.74) is 7.27. The van der Waals surface area contributed by atoms with Gasteiger partial charge in [-0.2, -0.15) is 0 Å². The molecule has 0 saturated carbocycles. The number of hydrogen-bond acceptors (Lipinski definition) is 4. The van der Waals surface area contributed by atoms with E-state index in [0.717, 1.165) is 0 Å². The van der Waals surface area contributed by atoms with Crippen molar-refractivity contribution >= 4 is 17.3 Å². The number of ketones is 2. The Balaban J connectivity index is 2.82. The molecule has 0 aliphatic rings. The molecule has 0 radical (unpaired) electrons. The van der Waals surface area contributed by atoms with E-state index in [0.29, 0.717) is 16.9 Å². The lowest BCUT2D eigenvalue weighted by Gasteiger charge is -2.16. The van der Waals surface area contributed by atoms with Crippen LogP contribution < -0.4 is 11.1 Å². The fourth-order valence-corrected chi connectivity index (χ4v) is 1.64. The zero-order chi connectivity index (χ0) is 13.7. The van der Waals surface area contributed by atoms with Gasteiger partial charge in [-0.1, -0.05) is 18.7 Å². The lowest BCUT2D eigenvalue weighted by Crippen LogP contribution is -2.36. The lowest BCUT2D eigenvalue weighted by molar-refractivity contribution is -0.118. The van der Waals surface area contributed by atoms with Crippen molar-refractivity contribution in [3.8, 4) is 0 Å². The largest absolute Gasteiger partial charge is 0.398 e. The van der Waals surface area contributed by atoms with Crippen molar-refractivity contribution in [2.24, 2.45) is 0 Å². The lowest BCUT2D eigenvalue weighted by atomic mass is 10.00. The van der Waals surface area contributed by atoms with Crippen LogP contribution in [0.1, 0.15) is 30.6 Å². The number of nitrogens with two attached hydrogens (primary N) is 1. The molecule has 0 aliphatic heterocycles. The zero-order valence-electron chi connectivity index (χ0n) is 10.7. The smallest absolute Gasteiger partial charge is 0.167 e. The highest BCUT2D eigenvalue weighted by molar-refractivity contribution is 6.03. The van der Waals surface area contributed by atoms with E-state index in [1.807, 2.05) is 0 Å². The Hall–Kier alpha value is -2.10. The molecule has 0 amide bonds. The van der Waals surface area contributed by atoms with Gasteiger partial charge in [-0.3, -0.25) is 9.59 Å². The Kier molecular flexibility index (Phi) is 4.66. The van der Waals surface area contributed by atoms with E-state index >= 15 is 0 Å². The van der Waals surface area contributed by atoms with Crippen LogP contribution in [0.4, 0.5) is 5.69 Å². The third-order valence-electron chi connectivity index (χ3n) is 2.56. The van der Waals surface area contributed by atoms with Gasteiger partial charge in [0, 0.05) is 23.4 Å². The molecule has 1 aromatic carbocycles. The van der Waals surface area contributed by atoms with Crippen LogP contribution in [0.25, 0.3) is 0 Å². The van der Waals surface area contributed by atoms with Gasteiger partial charge in [-0.25, -0.2) is 0 Å². The third kappa shape index (κ3) is 3.73. The second kappa shape index (κ2) is 6.00. The summed E-state index contributed by atoms with van der Waals surface area (Å²) in [6.07, 6.45) is 0.0798. The Bertz CT molecular complexity index is 480. The van der Waals surface area contributed by atoms with Crippen molar-refractivity contribution in [2.45, 2.75) is 26.3 Å². The second-order valence-electron chi connectivity index (χ2n) is 4.30. The van der Waals surface area contributed by atoms with Gasteiger partial charge in [-0.05, 0) is 26.0 Å². The van der Waals surface area contributed by atoms with Crippen LogP contribution in [-0.4, -0.2) is 17.6 Å². The van der Waals surface area contributed by atoms with Gasteiger partial charge in [0.2, 0.25) is 0 Å². The number of para-hydroxylation sites is 1. The summed E-state index contributed by atoms with van der Waals surface area (Å²) >= 11 is 0. The van der Waals surface area contributed by atoms with E-state index < -0.39 is 6.04 Å². The van der Waals surface area contributed by atoms with Gasteiger partial charge in [0.25, 0.3) is 0 Å². The van der Waals surface area contributed by atoms with E-state index in [-0.39, 0.29) is 18.0 Å². The van der Waals surface area contributed by atoms with Crippen molar-refractivity contribution < 1.29 is 9.59 Å². The van der Waals surface area contributed by atoms with Gasteiger partial charge in [0.05, 0.1) is 6.04 Å². The number of Topliss-reactive ketones (excluding diaryl/α,β-unsaturated/α-hetero) is 2. The Labute approximate surface area is 107 Å². The van der Waals surface area contributed by atoms with Crippen LogP contribution in [0, 0.1) is 0 Å². The first-order chi connectivity index (χ1) is 8.41. The molecule has 96 valence electrons. The van der Waals surface area contributed by atoms with Crippen LogP contribution in [0.15, 0.2) is 36.5 Å². The molecular formula is C14H18N2O2. The predicted octanol–water partition coefficient (Wildman–Crippen LogP) is 1.92. The molecule has 1 aromatic rings. The topological polar surface area (TPSA) is 72.2 Å². The fourth-order valence-electron chi connectivity index (χ4n) is 1.64. The highest BCUT2D eigenvalue weighted by Crippen LogP contribution is 2.14. The summed E-state index contributed by atoms with van der Waals surface area (Å²) in [7, 11) is 0. The minimum Gasteiger partial charge on any atom is -0.398 e. The first-order valence-corrected chi connectivity index (χ1v) is 5.72. The number of nitrogens with one attached hydrogen (secondary N) is 1. The van der Waals surface area contributed by atoms with Crippen molar-refractivity contribution in [2.75, 3.05) is 5.73 Å². The predicted molar refractivity (Wildman–Crippen MR) is 72.2 cm³/mol. The van der Waals surface area contributed by atoms with Crippen LogP contribution in [0.5, 0.6) is 0 Å². The van der Waals surface area contributed by atoms with Gasteiger partial charge < -0.3 is 11.1 Å². The van der Waals surface area contributed by atoms with Crippen molar-refractivity contribution in [3.63, 3.8) is 0 Å². The highest BCUT2D eigenvalue weighted by Gasteiger charge is 2.19. The first kappa shape index (κ1) is 14.0. The summed E-state index contributed by atoms with van der Waals surface area (Å²) in [6.45, 7) is 6.87. The summed E-state index contributed by atoms with van der Waals surface area (Å²) < 4.78 is 0. The number of benzene rings is 1. The maximum absolute atomic E-state index is 12.1.